The third-order valence-electron chi connectivity index (χ3n) is 4.58. The molecule has 2 unspecified atom stereocenters. The van der Waals surface area contributed by atoms with E-state index in [1.165, 1.54) is 5.56 Å². The molecular formula is C20H22N2O3. The van der Waals surface area contributed by atoms with Gasteiger partial charge in [0.25, 0.3) is 0 Å². The van der Waals surface area contributed by atoms with Crippen LogP contribution in [0, 0.1) is 25.7 Å². The summed E-state index contributed by atoms with van der Waals surface area (Å²) in [5.41, 5.74) is 3.75. The van der Waals surface area contributed by atoms with Gasteiger partial charge in [-0.2, -0.15) is 0 Å². The van der Waals surface area contributed by atoms with Crippen LogP contribution < -0.4 is 15.4 Å². The molecular weight excluding hydrogens is 316 g/mol. The molecule has 2 amide bonds. The second-order valence-corrected chi connectivity index (χ2v) is 6.46. The molecule has 0 aromatic heterocycles. The first-order chi connectivity index (χ1) is 12.0. The van der Waals surface area contributed by atoms with Gasteiger partial charge in [-0.15, -0.1) is 0 Å². The van der Waals surface area contributed by atoms with Gasteiger partial charge in [0.05, 0.1) is 18.9 Å². The Morgan fingerprint density at radius 1 is 0.920 bits per heavy atom. The summed E-state index contributed by atoms with van der Waals surface area (Å²) in [7, 11) is 1.58. The quantitative estimate of drug-likeness (QED) is 0.876. The van der Waals surface area contributed by atoms with Gasteiger partial charge in [-0.1, -0.05) is 12.1 Å². The van der Waals surface area contributed by atoms with Crippen molar-refractivity contribution >= 4 is 23.2 Å². The molecule has 0 spiro atoms. The molecule has 2 aromatic carbocycles. The summed E-state index contributed by atoms with van der Waals surface area (Å²) in [6, 6.07) is 13.0. The first-order valence-corrected chi connectivity index (χ1v) is 8.31. The third kappa shape index (κ3) is 3.99. The third-order valence-corrected chi connectivity index (χ3v) is 4.58. The van der Waals surface area contributed by atoms with E-state index in [1.54, 1.807) is 19.2 Å². The van der Waals surface area contributed by atoms with Crippen LogP contribution in [0.4, 0.5) is 11.4 Å². The summed E-state index contributed by atoms with van der Waals surface area (Å²) >= 11 is 0. The van der Waals surface area contributed by atoms with Crippen LogP contribution in [0.5, 0.6) is 5.75 Å². The molecule has 0 saturated heterocycles. The summed E-state index contributed by atoms with van der Waals surface area (Å²) < 4.78 is 5.14. The number of nitrogens with one attached hydrogen (secondary N) is 2. The van der Waals surface area contributed by atoms with Crippen molar-refractivity contribution in [2.24, 2.45) is 11.8 Å². The number of carbonyl (C=O) groups excluding carboxylic acids is 2. The number of hydrogen-bond acceptors (Lipinski definition) is 3. The Bertz CT molecular complexity index is 816. The van der Waals surface area contributed by atoms with Crippen molar-refractivity contribution in [2.45, 2.75) is 20.3 Å². The van der Waals surface area contributed by atoms with E-state index in [4.69, 9.17) is 4.74 Å². The number of benzene rings is 2. The SMILES string of the molecule is COc1cccc(NC(=O)C2CC2C(=O)Nc2ccc(C)c(C)c2)c1. The van der Waals surface area contributed by atoms with Crippen LogP contribution in [-0.2, 0) is 9.59 Å². The topological polar surface area (TPSA) is 67.4 Å². The highest BCUT2D eigenvalue weighted by Gasteiger charge is 2.48. The highest BCUT2D eigenvalue weighted by Crippen LogP contribution is 2.40. The Kier molecular flexibility index (Phi) is 4.74. The van der Waals surface area contributed by atoms with Crippen molar-refractivity contribution in [1.29, 1.82) is 0 Å². The number of methoxy groups -OCH3 is 1. The Balaban J connectivity index is 1.56. The number of ether oxygens (including phenoxy) is 1. The van der Waals surface area contributed by atoms with Crippen molar-refractivity contribution in [1.82, 2.24) is 0 Å². The molecule has 130 valence electrons. The summed E-state index contributed by atoms with van der Waals surface area (Å²) in [4.78, 5) is 24.6. The molecule has 0 heterocycles. The molecule has 2 atom stereocenters. The molecule has 1 aliphatic rings. The Labute approximate surface area is 147 Å². The average molecular weight is 338 g/mol. The Morgan fingerprint density at radius 3 is 2.16 bits per heavy atom. The fourth-order valence-corrected chi connectivity index (χ4v) is 2.76. The number of anilines is 2. The average Bonchev–Trinajstić information content (AvgIpc) is 3.39. The highest BCUT2D eigenvalue weighted by molar-refractivity contribution is 6.03. The minimum absolute atomic E-state index is 0.103. The van der Waals surface area contributed by atoms with Crippen molar-refractivity contribution in [3.8, 4) is 5.75 Å². The van der Waals surface area contributed by atoms with Crippen LogP contribution in [0.3, 0.4) is 0 Å². The van der Waals surface area contributed by atoms with Gasteiger partial charge in [0.15, 0.2) is 0 Å². The van der Waals surface area contributed by atoms with Gasteiger partial charge < -0.3 is 15.4 Å². The molecule has 5 heteroatoms. The molecule has 1 saturated carbocycles. The second kappa shape index (κ2) is 6.97. The first kappa shape index (κ1) is 17.0. The van der Waals surface area contributed by atoms with Crippen LogP contribution in [0.15, 0.2) is 42.5 Å². The summed E-state index contributed by atoms with van der Waals surface area (Å²) in [5, 5.41) is 5.74. The monoisotopic (exact) mass is 338 g/mol. The molecule has 25 heavy (non-hydrogen) atoms. The van der Waals surface area contributed by atoms with Gasteiger partial charge in [0.2, 0.25) is 11.8 Å². The molecule has 0 radical (unpaired) electrons. The van der Waals surface area contributed by atoms with E-state index in [2.05, 4.69) is 10.6 Å². The zero-order valence-corrected chi connectivity index (χ0v) is 14.6. The summed E-state index contributed by atoms with van der Waals surface area (Å²) in [5.74, 6) is -0.106. The predicted molar refractivity (Wildman–Crippen MR) is 97.8 cm³/mol. The maximum Gasteiger partial charge on any atom is 0.228 e. The van der Waals surface area contributed by atoms with Crippen molar-refractivity contribution in [2.75, 3.05) is 17.7 Å². The lowest BCUT2D eigenvalue weighted by Gasteiger charge is -2.08. The van der Waals surface area contributed by atoms with Gasteiger partial charge in [-0.25, -0.2) is 0 Å². The number of carbonyl (C=O) groups is 2. The van der Waals surface area contributed by atoms with Gasteiger partial charge in [-0.05, 0) is 55.7 Å². The molecule has 2 N–H and O–H groups in total. The zero-order chi connectivity index (χ0) is 18.0. The zero-order valence-electron chi connectivity index (χ0n) is 14.6. The lowest BCUT2D eigenvalue weighted by atomic mass is 10.1. The molecule has 1 fully saturated rings. The maximum atomic E-state index is 12.3. The lowest BCUT2D eigenvalue weighted by Crippen LogP contribution is -2.20. The van der Waals surface area contributed by atoms with Crippen LogP contribution in [0.1, 0.15) is 17.5 Å². The number of hydrogen-bond donors (Lipinski definition) is 2. The standard InChI is InChI=1S/C20H22N2O3/c1-12-7-8-15(9-13(12)2)22-20(24)18-11-17(18)19(23)21-14-5-4-6-16(10-14)25-3/h4-10,17-18H,11H2,1-3H3,(H,21,23)(H,22,24). The number of aryl methyl sites for hydroxylation is 2. The van der Waals surface area contributed by atoms with Gasteiger partial charge in [0, 0.05) is 17.4 Å². The van der Waals surface area contributed by atoms with Crippen LogP contribution in [0.25, 0.3) is 0 Å². The van der Waals surface area contributed by atoms with Crippen LogP contribution >= 0.6 is 0 Å². The van der Waals surface area contributed by atoms with E-state index >= 15 is 0 Å². The lowest BCUT2D eigenvalue weighted by molar-refractivity contribution is -0.122. The minimum Gasteiger partial charge on any atom is -0.497 e. The maximum absolute atomic E-state index is 12.3. The van der Waals surface area contributed by atoms with E-state index < -0.39 is 0 Å². The Hall–Kier alpha value is -2.82. The molecule has 0 aliphatic heterocycles. The highest BCUT2D eigenvalue weighted by atomic mass is 16.5. The van der Waals surface area contributed by atoms with Gasteiger partial charge >= 0.3 is 0 Å². The molecule has 5 nitrogen and oxygen atoms in total. The van der Waals surface area contributed by atoms with Gasteiger partial charge in [-0.3, -0.25) is 9.59 Å². The van der Waals surface area contributed by atoms with E-state index in [-0.39, 0.29) is 23.7 Å². The largest absolute Gasteiger partial charge is 0.497 e. The van der Waals surface area contributed by atoms with Crippen LogP contribution in [-0.4, -0.2) is 18.9 Å². The number of amides is 2. The molecule has 1 aliphatic carbocycles. The Morgan fingerprint density at radius 2 is 1.56 bits per heavy atom. The summed E-state index contributed by atoms with van der Waals surface area (Å²) in [6.07, 6.45) is 0.576. The van der Waals surface area contributed by atoms with Crippen molar-refractivity contribution in [3.63, 3.8) is 0 Å². The summed E-state index contributed by atoms with van der Waals surface area (Å²) in [6.45, 7) is 4.03. The first-order valence-electron chi connectivity index (χ1n) is 8.31. The molecule has 0 bridgehead atoms. The normalized spacial score (nSPS) is 18.4. The predicted octanol–water partition coefficient (Wildman–Crippen LogP) is 3.53. The van der Waals surface area contributed by atoms with Crippen molar-refractivity contribution < 1.29 is 14.3 Å². The van der Waals surface area contributed by atoms with E-state index in [9.17, 15) is 9.59 Å². The smallest absolute Gasteiger partial charge is 0.228 e. The van der Waals surface area contributed by atoms with Crippen LogP contribution in [0.2, 0.25) is 0 Å². The molecule has 3 rings (SSSR count). The van der Waals surface area contributed by atoms with Crippen molar-refractivity contribution in [3.05, 3.63) is 53.6 Å². The minimum atomic E-state index is -0.280. The van der Waals surface area contributed by atoms with Gasteiger partial charge in [0.1, 0.15) is 5.75 Å². The van der Waals surface area contributed by atoms with E-state index in [0.29, 0.717) is 17.9 Å². The van der Waals surface area contributed by atoms with E-state index in [1.807, 2.05) is 44.2 Å². The fourth-order valence-electron chi connectivity index (χ4n) is 2.76. The molecule has 2 aromatic rings. The number of rotatable bonds is 5. The van der Waals surface area contributed by atoms with E-state index in [0.717, 1.165) is 11.3 Å². The fraction of sp³-hybridized carbons (Fsp3) is 0.300. The second-order valence-electron chi connectivity index (χ2n) is 6.46.